The summed E-state index contributed by atoms with van der Waals surface area (Å²) in [6.07, 6.45) is 4.66. The fraction of sp³-hybridized carbons (Fsp3) is 0.524. The van der Waals surface area contributed by atoms with Crippen LogP contribution in [0.5, 0.6) is 5.75 Å². The number of hydrogen-bond donors (Lipinski definition) is 1. The van der Waals surface area contributed by atoms with Crippen LogP contribution in [0.2, 0.25) is 0 Å². The van der Waals surface area contributed by atoms with Crippen LogP contribution in [-0.4, -0.2) is 69.7 Å². The summed E-state index contributed by atoms with van der Waals surface area (Å²) in [5, 5.41) is 10.1. The number of ether oxygens (including phenoxy) is 1. The first kappa shape index (κ1) is 19.4. The molecule has 0 radical (unpaired) electrons. The van der Waals surface area contributed by atoms with E-state index in [4.69, 9.17) is 9.84 Å². The molecule has 2 saturated heterocycles. The molecule has 8 heteroatoms. The van der Waals surface area contributed by atoms with E-state index in [1.165, 1.54) is 4.90 Å². The average molecular weight is 398 g/mol. The molecule has 0 aliphatic carbocycles. The number of benzene rings is 1. The molecule has 154 valence electrons. The van der Waals surface area contributed by atoms with Crippen molar-refractivity contribution in [3.63, 3.8) is 0 Å². The Bertz CT molecular complexity index is 895. The summed E-state index contributed by atoms with van der Waals surface area (Å²) in [5.41, 5.74) is 1.83. The SMILES string of the molecule is O=C(O)N1CCC(c2ncnc3ccc(OCCCN4CCCC4=O)cc23)CC1. The van der Waals surface area contributed by atoms with Crippen LogP contribution in [0, 0.1) is 0 Å². The quantitative estimate of drug-likeness (QED) is 0.752. The smallest absolute Gasteiger partial charge is 0.407 e. The van der Waals surface area contributed by atoms with Crippen molar-refractivity contribution in [1.82, 2.24) is 19.8 Å². The lowest BCUT2D eigenvalue weighted by Gasteiger charge is -2.30. The van der Waals surface area contributed by atoms with E-state index in [0.717, 1.165) is 61.1 Å². The minimum Gasteiger partial charge on any atom is -0.494 e. The highest BCUT2D eigenvalue weighted by Crippen LogP contribution is 2.32. The van der Waals surface area contributed by atoms with E-state index < -0.39 is 6.09 Å². The molecule has 8 nitrogen and oxygen atoms in total. The van der Waals surface area contributed by atoms with Crippen LogP contribution in [0.15, 0.2) is 24.5 Å². The number of nitrogens with zero attached hydrogens (tertiary/aromatic N) is 4. The average Bonchev–Trinajstić information content (AvgIpc) is 3.15. The van der Waals surface area contributed by atoms with Crippen LogP contribution in [0.3, 0.4) is 0 Å². The van der Waals surface area contributed by atoms with Gasteiger partial charge in [0.2, 0.25) is 5.91 Å². The minimum absolute atomic E-state index is 0.215. The molecule has 1 aromatic heterocycles. The number of aromatic nitrogens is 2. The lowest BCUT2D eigenvalue weighted by Crippen LogP contribution is -2.37. The van der Waals surface area contributed by atoms with E-state index >= 15 is 0 Å². The zero-order chi connectivity index (χ0) is 20.2. The number of carbonyl (C=O) groups excluding carboxylic acids is 1. The van der Waals surface area contributed by atoms with Gasteiger partial charge in [-0.3, -0.25) is 4.79 Å². The Morgan fingerprint density at radius 2 is 2.03 bits per heavy atom. The molecular weight excluding hydrogens is 372 g/mol. The predicted molar refractivity (Wildman–Crippen MR) is 107 cm³/mol. The number of likely N-dealkylation sites (tertiary alicyclic amines) is 2. The number of carboxylic acid groups (broad SMARTS) is 1. The first-order valence-electron chi connectivity index (χ1n) is 10.2. The van der Waals surface area contributed by atoms with Crippen LogP contribution in [0.4, 0.5) is 4.79 Å². The highest BCUT2D eigenvalue weighted by Gasteiger charge is 2.25. The highest BCUT2D eigenvalue weighted by molar-refractivity contribution is 5.82. The van der Waals surface area contributed by atoms with Crippen molar-refractivity contribution >= 4 is 22.9 Å². The summed E-state index contributed by atoms with van der Waals surface area (Å²) < 4.78 is 5.92. The summed E-state index contributed by atoms with van der Waals surface area (Å²) >= 11 is 0. The van der Waals surface area contributed by atoms with Gasteiger partial charge in [-0.15, -0.1) is 0 Å². The Morgan fingerprint density at radius 3 is 2.76 bits per heavy atom. The van der Waals surface area contributed by atoms with Crippen LogP contribution in [-0.2, 0) is 4.79 Å². The predicted octanol–water partition coefficient (Wildman–Crippen LogP) is 2.88. The fourth-order valence-corrected chi connectivity index (χ4v) is 4.20. The Kier molecular flexibility index (Phi) is 5.78. The van der Waals surface area contributed by atoms with Crippen LogP contribution >= 0.6 is 0 Å². The Morgan fingerprint density at radius 1 is 1.21 bits per heavy atom. The van der Waals surface area contributed by atoms with Crippen molar-refractivity contribution < 1.29 is 19.4 Å². The van der Waals surface area contributed by atoms with E-state index in [2.05, 4.69) is 9.97 Å². The molecule has 0 spiro atoms. The fourth-order valence-electron chi connectivity index (χ4n) is 4.20. The third-order valence-electron chi connectivity index (χ3n) is 5.80. The van der Waals surface area contributed by atoms with Gasteiger partial charge in [0.25, 0.3) is 0 Å². The Labute approximate surface area is 169 Å². The van der Waals surface area contributed by atoms with Gasteiger partial charge in [-0.25, -0.2) is 14.8 Å². The Hall–Kier alpha value is -2.90. The van der Waals surface area contributed by atoms with Gasteiger partial charge in [0.15, 0.2) is 0 Å². The van der Waals surface area contributed by atoms with Crippen molar-refractivity contribution in [3.05, 3.63) is 30.2 Å². The number of carbonyl (C=O) groups is 2. The maximum atomic E-state index is 11.7. The van der Waals surface area contributed by atoms with E-state index in [-0.39, 0.29) is 11.8 Å². The highest BCUT2D eigenvalue weighted by atomic mass is 16.5. The third-order valence-corrected chi connectivity index (χ3v) is 5.80. The standard InChI is InChI=1S/C21H26N4O4/c26-19-3-1-8-24(19)9-2-12-29-16-4-5-18-17(13-16)20(23-14-22-18)15-6-10-25(11-7-15)21(27)28/h4-5,13-15H,1-3,6-12H2,(H,27,28). The molecule has 2 aromatic rings. The Balaban J connectivity index is 1.41. The number of amides is 2. The second-order valence-corrected chi connectivity index (χ2v) is 7.67. The first-order chi connectivity index (χ1) is 14.1. The second-order valence-electron chi connectivity index (χ2n) is 7.67. The number of fused-ring (bicyclic) bond motifs is 1. The normalized spacial score (nSPS) is 17.9. The minimum atomic E-state index is -0.859. The van der Waals surface area contributed by atoms with E-state index in [9.17, 15) is 9.59 Å². The maximum absolute atomic E-state index is 11.7. The summed E-state index contributed by atoms with van der Waals surface area (Å²) in [4.78, 5) is 35.1. The molecule has 0 bridgehead atoms. The van der Waals surface area contributed by atoms with Crippen molar-refractivity contribution in [2.75, 3.05) is 32.8 Å². The first-order valence-corrected chi connectivity index (χ1v) is 10.2. The number of hydrogen-bond acceptors (Lipinski definition) is 5. The van der Waals surface area contributed by atoms with Gasteiger partial charge in [-0.05, 0) is 43.9 Å². The van der Waals surface area contributed by atoms with E-state index in [1.807, 2.05) is 23.1 Å². The van der Waals surface area contributed by atoms with Crippen molar-refractivity contribution in [3.8, 4) is 5.75 Å². The monoisotopic (exact) mass is 398 g/mol. The maximum Gasteiger partial charge on any atom is 0.407 e. The molecular formula is C21H26N4O4. The zero-order valence-corrected chi connectivity index (χ0v) is 16.4. The number of piperidine rings is 1. The van der Waals surface area contributed by atoms with Gasteiger partial charge in [0.05, 0.1) is 17.8 Å². The van der Waals surface area contributed by atoms with E-state index in [0.29, 0.717) is 26.1 Å². The summed E-state index contributed by atoms with van der Waals surface area (Å²) in [6, 6.07) is 5.83. The van der Waals surface area contributed by atoms with Crippen LogP contribution in [0.25, 0.3) is 10.9 Å². The van der Waals surface area contributed by atoms with Crippen molar-refractivity contribution in [2.24, 2.45) is 0 Å². The molecule has 2 aliphatic rings. The summed E-state index contributed by atoms with van der Waals surface area (Å²) in [7, 11) is 0. The summed E-state index contributed by atoms with van der Waals surface area (Å²) in [5.74, 6) is 1.23. The van der Waals surface area contributed by atoms with Crippen LogP contribution in [0.1, 0.15) is 43.7 Å². The van der Waals surface area contributed by atoms with Gasteiger partial charge < -0.3 is 19.6 Å². The molecule has 1 aromatic carbocycles. The zero-order valence-electron chi connectivity index (χ0n) is 16.4. The molecule has 4 rings (SSSR count). The second kappa shape index (κ2) is 8.63. The topological polar surface area (TPSA) is 95.9 Å². The van der Waals surface area contributed by atoms with Gasteiger partial charge >= 0.3 is 6.09 Å². The van der Waals surface area contributed by atoms with Crippen molar-refractivity contribution in [1.29, 1.82) is 0 Å². The molecule has 29 heavy (non-hydrogen) atoms. The number of rotatable bonds is 6. The molecule has 0 saturated carbocycles. The molecule has 1 N–H and O–H groups in total. The van der Waals surface area contributed by atoms with Gasteiger partial charge in [-0.2, -0.15) is 0 Å². The molecule has 0 atom stereocenters. The third kappa shape index (κ3) is 4.41. The van der Waals surface area contributed by atoms with Gasteiger partial charge in [0.1, 0.15) is 12.1 Å². The summed E-state index contributed by atoms with van der Waals surface area (Å²) in [6.45, 7) is 3.20. The van der Waals surface area contributed by atoms with E-state index in [1.54, 1.807) is 6.33 Å². The molecule has 2 aliphatic heterocycles. The largest absolute Gasteiger partial charge is 0.494 e. The van der Waals surface area contributed by atoms with Crippen molar-refractivity contribution in [2.45, 2.75) is 38.0 Å². The molecule has 3 heterocycles. The van der Waals surface area contributed by atoms with Gasteiger partial charge in [-0.1, -0.05) is 0 Å². The lowest BCUT2D eigenvalue weighted by atomic mass is 9.91. The molecule has 2 amide bonds. The van der Waals surface area contributed by atoms with Crippen LogP contribution < -0.4 is 4.74 Å². The van der Waals surface area contributed by atoms with Gasteiger partial charge in [0, 0.05) is 43.9 Å². The molecule has 0 unspecified atom stereocenters. The lowest BCUT2D eigenvalue weighted by molar-refractivity contribution is -0.127. The molecule has 2 fully saturated rings.